The minimum Gasteiger partial charge on any atom is -0.326 e. The molecule has 0 aliphatic carbocycles. The van der Waals surface area contributed by atoms with Crippen molar-refractivity contribution in [3.63, 3.8) is 0 Å². The number of halogens is 1. The van der Waals surface area contributed by atoms with Crippen LogP contribution in [0, 0.1) is 5.92 Å². The van der Waals surface area contributed by atoms with Crippen LogP contribution in [-0.2, 0) is 0 Å². The Bertz CT molecular complexity index is 428. The van der Waals surface area contributed by atoms with Crippen molar-refractivity contribution in [3.8, 4) is 0 Å². The average Bonchev–Trinajstić information content (AvgIpc) is 2.31. The highest BCUT2D eigenvalue weighted by atomic mass is 35.5. The highest BCUT2D eigenvalue weighted by molar-refractivity contribution is 6.33. The molecule has 1 heterocycles. The lowest BCUT2D eigenvalue weighted by Crippen LogP contribution is -2.50. The maximum absolute atomic E-state index is 12.1. The van der Waals surface area contributed by atoms with E-state index in [2.05, 4.69) is 12.2 Å². The van der Waals surface area contributed by atoms with Crippen molar-refractivity contribution >= 4 is 23.3 Å². The van der Waals surface area contributed by atoms with Gasteiger partial charge in [0.25, 0.3) is 0 Å². The van der Waals surface area contributed by atoms with Crippen LogP contribution >= 0.6 is 11.6 Å². The molecule has 1 saturated heterocycles. The summed E-state index contributed by atoms with van der Waals surface area (Å²) >= 11 is 6.01. The molecule has 18 heavy (non-hydrogen) atoms. The minimum atomic E-state index is -0.134. The number of piperidine rings is 1. The number of hydrogen-bond donors (Lipinski definition) is 2. The predicted molar refractivity (Wildman–Crippen MR) is 73.8 cm³/mol. The van der Waals surface area contributed by atoms with Gasteiger partial charge in [-0.2, -0.15) is 0 Å². The van der Waals surface area contributed by atoms with Crippen LogP contribution in [0.3, 0.4) is 0 Å². The fourth-order valence-corrected chi connectivity index (χ4v) is 2.51. The van der Waals surface area contributed by atoms with Crippen molar-refractivity contribution in [1.29, 1.82) is 0 Å². The van der Waals surface area contributed by atoms with Crippen LogP contribution in [-0.4, -0.2) is 30.1 Å². The van der Waals surface area contributed by atoms with Gasteiger partial charge in [-0.25, -0.2) is 4.79 Å². The van der Waals surface area contributed by atoms with Gasteiger partial charge >= 0.3 is 6.03 Å². The summed E-state index contributed by atoms with van der Waals surface area (Å²) in [6.45, 7) is 3.44. The second-order valence-corrected chi connectivity index (χ2v) is 5.32. The van der Waals surface area contributed by atoms with Gasteiger partial charge in [-0.1, -0.05) is 30.7 Å². The molecule has 98 valence electrons. The van der Waals surface area contributed by atoms with E-state index in [-0.39, 0.29) is 12.1 Å². The number of carbonyl (C=O) groups is 1. The third-order valence-electron chi connectivity index (χ3n) is 3.09. The first-order valence-corrected chi connectivity index (χ1v) is 6.50. The summed E-state index contributed by atoms with van der Waals surface area (Å²) in [6.07, 6.45) is 0.968. The van der Waals surface area contributed by atoms with Crippen molar-refractivity contribution in [2.75, 3.05) is 18.4 Å². The van der Waals surface area contributed by atoms with E-state index in [1.807, 2.05) is 12.1 Å². The third-order valence-corrected chi connectivity index (χ3v) is 3.42. The molecule has 0 aromatic heterocycles. The number of carbonyl (C=O) groups excluding carboxylic acids is 1. The highest BCUT2D eigenvalue weighted by Gasteiger charge is 2.25. The summed E-state index contributed by atoms with van der Waals surface area (Å²) in [6, 6.07) is 7.13. The number of nitrogens with one attached hydrogen (secondary N) is 1. The van der Waals surface area contributed by atoms with Gasteiger partial charge in [-0.15, -0.1) is 0 Å². The molecule has 1 aromatic carbocycles. The molecule has 5 heteroatoms. The summed E-state index contributed by atoms with van der Waals surface area (Å²) in [5, 5.41) is 3.36. The molecule has 0 spiro atoms. The molecule has 2 rings (SSSR count). The van der Waals surface area contributed by atoms with Crippen LogP contribution in [0.15, 0.2) is 24.3 Å². The lowest BCUT2D eigenvalue weighted by atomic mass is 9.97. The Morgan fingerprint density at radius 3 is 2.83 bits per heavy atom. The number of amides is 2. The molecule has 0 radical (unpaired) electrons. The first-order valence-electron chi connectivity index (χ1n) is 6.12. The fraction of sp³-hybridized carbons (Fsp3) is 0.462. The van der Waals surface area contributed by atoms with Gasteiger partial charge in [0.15, 0.2) is 0 Å². The average molecular weight is 268 g/mol. The number of para-hydroxylation sites is 1. The van der Waals surface area contributed by atoms with E-state index in [1.165, 1.54) is 0 Å². The molecule has 2 unspecified atom stereocenters. The molecule has 2 amide bonds. The van der Waals surface area contributed by atoms with Gasteiger partial charge in [-0.3, -0.25) is 0 Å². The van der Waals surface area contributed by atoms with Gasteiger partial charge in [0.1, 0.15) is 0 Å². The van der Waals surface area contributed by atoms with Crippen LogP contribution in [0.25, 0.3) is 0 Å². The quantitative estimate of drug-likeness (QED) is 0.822. The lowest BCUT2D eigenvalue weighted by Gasteiger charge is -2.34. The monoisotopic (exact) mass is 267 g/mol. The van der Waals surface area contributed by atoms with Crippen LogP contribution in [0.2, 0.25) is 5.02 Å². The minimum absolute atomic E-state index is 0.0609. The molecule has 0 saturated carbocycles. The van der Waals surface area contributed by atoms with Gasteiger partial charge < -0.3 is 16.0 Å². The number of hydrogen-bond acceptors (Lipinski definition) is 2. The number of likely N-dealkylation sites (tertiary alicyclic amines) is 1. The third kappa shape index (κ3) is 3.15. The summed E-state index contributed by atoms with van der Waals surface area (Å²) < 4.78 is 0. The van der Waals surface area contributed by atoms with Gasteiger partial charge in [0.05, 0.1) is 10.7 Å². The highest BCUT2D eigenvalue weighted by Crippen LogP contribution is 2.22. The molecule has 0 bridgehead atoms. The predicted octanol–water partition coefficient (Wildman–Crippen LogP) is 2.54. The van der Waals surface area contributed by atoms with E-state index in [4.69, 9.17) is 17.3 Å². The number of anilines is 1. The Morgan fingerprint density at radius 1 is 1.44 bits per heavy atom. The molecule has 1 aliphatic rings. The maximum atomic E-state index is 12.1. The molecular formula is C13H18ClN3O. The number of benzene rings is 1. The van der Waals surface area contributed by atoms with Gasteiger partial charge in [-0.05, 0) is 24.5 Å². The molecule has 3 N–H and O–H groups in total. The number of nitrogens with zero attached hydrogens (tertiary/aromatic N) is 1. The van der Waals surface area contributed by atoms with Crippen LogP contribution in [0.1, 0.15) is 13.3 Å². The normalized spacial score (nSPS) is 23.8. The Balaban J connectivity index is 2.02. The zero-order valence-corrected chi connectivity index (χ0v) is 11.2. The van der Waals surface area contributed by atoms with E-state index < -0.39 is 0 Å². The van der Waals surface area contributed by atoms with Crippen LogP contribution < -0.4 is 11.1 Å². The van der Waals surface area contributed by atoms with Crippen LogP contribution in [0.4, 0.5) is 10.5 Å². The zero-order valence-electron chi connectivity index (χ0n) is 10.4. The van der Waals surface area contributed by atoms with E-state index in [1.54, 1.807) is 17.0 Å². The van der Waals surface area contributed by atoms with E-state index in [9.17, 15) is 4.79 Å². The Hall–Kier alpha value is -1.26. The van der Waals surface area contributed by atoms with E-state index in [0.29, 0.717) is 23.2 Å². The van der Waals surface area contributed by atoms with Gasteiger partial charge in [0.2, 0.25) is 0 Å². The maximum Gasteiger partial charge on any atom is 0.321 e. The first-order chi connectivity index (χ1) is 8.56. The second-order valence-electron chi connectivity index (χ2n) is 4.92. The Morgan fingerprint density at radius 2 is 2.17 bits per heavy atom. The summed E-state index contributed by atoms with van der Waals surface area (Å²) in [5.41, 5.74) is 6.56. The van der Waals surface area contributed by atoms with Crippen LogP contribution in [0.5, 0.6) is 0 Å². The van der Waals surface area contributed by atoms with Crippen molar-refractivity contribution in [2.45, 2.75) is 19.4 Å². The Kier molecular flexibility index (Phi) is 4.09. The molecule has 4 nitrogen and oxygen atoms in total. The van der Waals surface area contributed by atoms with E-state index in [0.717, 1.165) is 13.0 Å². The van der Waals surface area contributed by atoms with Crippen molar-refractivity contribution in [2.24, 2.45) is 11.7 Å². The van der Waals surface area contributed by atoms with Crippen molar-refractivity contribution in [1.82, 2.24) is 4.90 Å². The molecular weight excluding hydrogens is 250 g/mol. The first kappa shape index (κ1) is 13.2. The summed E-state index contributed by atoms with van der Waals surface area (Å²) in [5.74, 6) is 0.436. The standard InChI is InChI=1S/C13H18ClN3O/c1-9-6-10(15)8-17(7-9)13(18)16-12-5-3-2-4-11(12)14/h2-5,9-10H,6-8,15H2,1H3,(H,16,18). The molecule has 2 atom stereocenters. The summed E-state index contributed by atoms with van der Waals surface area (Å²) in [7, 11) is 0. The topological polar surface area (TPSA) is 58.4 Å². The van der Waals surface area contributed by atoms with E-state index >= 15 is 0 Å². The summed E-state index contributed by atoms with van der Waals surface area (Å²) in [4.78, 5) is 13.9. The number of nitrogens with two attached hydrogens (primary N) is 1. The molecule has 1 aliphatic heterocycles. The lowest BCUT2D eigenvalue weighted by molar-refractivity contribution is 0.172. The van der Waals surface area contributed by atoms with Crippen molar-refractivity contribution in [3.05, 3.63) is 29.3 Å². The zero-order chi connectivity index (χ0) is 13.1. The second kappa shape index (κ2) is 5.59. The van der Waals surface area contributed by atoms with Gasteiger partial charge in [0, 0.05) is 19.1 Å². The number of rotatable bonds is 1. The fourth-order valence-electron chi connectivity index (χ4n) is 2.32. The molecule has 1 fully saturated rings. The Labute approximate surface area is 112 Å². The smallest absolute Gasteiger partial charge is 0.321 e. The number of urea groups is 1. The largest absolute Gasteiger partial charge is 0.326 e. The van der Waals surface area contributed by atoms with Crippen molar-refractivity contribution < 1.29 is 4.79 Å². The molecule has 1 aromatic rings. The SMILES string of the molecule is CC1CC(N)CN(C(=O)Nc2ccccc2Cl)C1.